The molecule has 1 aliphatic rings. The molecular formula is C11H14N2O2. The van der Waals surface area contributed by atoms with Crippen LogP contribution in [0.2, 0.25) is 0 Å². The summed E-state index contributed by atoms with van der Waals surface area (Å²) in [5, 5.41) is 0. The zero-order valence-corrected chi connectivity index (χ0v) is 8.69. The number of para-hydroxylation sites is 1. The Morgan fingerprint density at radius 2 is 2.40 bits per heavy atom. The second-order valence-corrected chi connectivity index (χ2v) is 3.44. The van der Waals surface area contributed by atoms with Crippen LogP contribution in [0.1, 0.15) is 13.3 Å². The van der Waals surface area contributed by atoms with Crippen LogP contribution in [-0.4, -0.2) is 19.1 Å². The van der Waals surface area contributed by atoms with Gasteiger partial charge in [0.2, 0.25) is 5.91 Å². The van der Waals surface area contributed by atoms with Crippen molar-refractivity contribution in [2.45, 2.75) is 13.3 Å². The maximum absolute atomic E-state index is 11.7. The Bertz CT molecular complexity index is 390. The third-order valence-corrected chi connectivity index (χ3v) is 2.48. The van der Waals surface area contributed by atoms with Gasteiger partial charge >= 0.3 is 0 Å². The smallest absolute Gasteiger partial charge is 0.226 e. The Kier molecular flexibility index (Phi) is 2.49. The fourth-order valence-corrected chi connectivity index (χ4v) is 1.72. The van der Waals surface area contributed by atoms with Crippen LogP contribution in [0.3, 0.4) is 0 Å². The highest BCUT2D eigenvalue weighted by atomic mass is 16.5. The molecule has 0 bridgehead atoms. The van der Waals surface area contributed by atoms with Crippen LogP contribution in [0.5, 0.6) is 5.75 Å². The molecule has 1 aliphatic heterocycles. The number of nitrogens with two attached hydrogens (primary N) is 1. The predicted octanol–water partition coefficient (Wildman–Crippen LogP) is 1.40. The Hall–Kier alpha value is -1.71. The van der Waals surface area contributed by atoms with Crippen molar-refractivity contribution >= 4 is 17.3 Å². The van der Waals surface area contributed by atoms with Crippen molar-refractivity contribution in [2.24, 2.45) is 0 Å². The van der Waals surface area contributed by atoms with Crippen LogP contribution in [-0.2, 0) is 4.79 Å². The number of rotatable bonds is 1. The minimum atomic E-state index is 0.102. The van der Waals surface area contributed by atoms with Crippen LogP contribution in [0.15, 0.2) is 18.2 Å². The van der Waals surface area contributed by atoms with Crippen LogP contribution in [0.4, 0.5) is 11.4 Å². The Labute approximate surface area is 88.6 Å². The summed E-state index contributed by atoms with van der Waals surface area (Å²) in [4.78, 5) is 13.4. The van der Waals surface area contributed by atoms with Gasteiger partial charge in [0.05, 0.1) is 17.9 Å². The SMILES string of the molecule is CCC(=O)N1CCOc2c(N)cccc21. The summed E-state index contributed by atoms with van der Waals surface area (Å²) < 4.78 is 5.46. The number of fused-ring (bicyclic) bond motifs is 1. The van der Waals surface area contributed by atoms with Gasteiger partial charge in [0.1, 0.15) is 6.61 Å². The zero-order valence-electron chi connectivity index (χ0n) is 8.69. The largest absolute Gasteiger partial charge is 0.487 e. The van der Waals surface area contributed by atoms with E-state index >= 15 is 0 Å². The standard InChI is InChI=1S/C11H14N2O2/c1-2-10(14)13-6-7-15-11-8(12)4-3-5-9(11)13/h3-5H,2,6-7,12H2,1H3. The summed E-state index contributed by atoms with van der Waals surface area (Å²) in [6.45, 7) is 2.96. The average Bonchev–Trinajstić information content (AvgIpc) is 2.28. The van der Waals surface area contributed by atoms with Gasteiger partial charge in [-0.2, -0.15) is 0 Å². The van der Waals surface area contributed by atoms with E-state index in [1.54, 1.807) is 11.0 Å². The quantitative estimate of drug-likeness (QED) is 0.707. The van der Waals surface area contributed by atoms with Crippen molar-refractivity contribution in [2.75, 3.05) is 23.8 Å². The topological polar surface area (TPSA) is 55.6 Å². The fraction of sp³-hybridized carbons (Fsp3) is 0.364. The summed E-state index contributed by atoms with van der Waals surface area (Å²) in [6, 6.07) is 5.47. The van der Waals surface area contributed by atoms with Crippen LogP contribution < -0.4 is 15.4 Å². The number of hydrogen-bond donors (Lipinski definition) is 1. The molecule has 4 heteroatoms. The van der Waals surface area contributed by atoms with Crippen molar-refractivity contribution in [1.82, 2.24) is 0 Å². The maximum atomic E-state index is 11.7. The molecule has 0 radical (unpaired) electrons. The number of anilines is 2. The van der Waals surface area contributed by atoms with E-state index in [4.69, 9.17) is 10.5 Å². The van der Waals surface area contributed by atoms with E-state index in [-0.39, 0.29) is 5.91 Å². The minimum Gasteiger partial charge on any atom is -0.487 e. The number of carbonyl (C=O) groups excluding carboxylic acids is 1. The van der Waals surface area contributed by atoms with E-state index in [2.05, 4.69) is 0 Å². The molecule has 0 aliphatic carbocycles. The number of nitrogens with zero attached hydrogens (tertiary/aromatic N) is 1. The first kappa shape index (κ1) is 9.83. The molecule has 1 heterocycles. The summed E-state index contributed by atoms with van der Waals surface area (Å²) in [5.74, 6) is 0.732. The molecular weight excluding hydrogens is 192 g/mol. The van der Waals surface area contributed by atoms with Gasteiger partial charge in [-0.15, -0.1) is 0 Å². The normalized spacial score (nSPS) is 14.3. The monoisotopic (exact) mass is 206 g/mol. The van der Waals surface area contributed by atoms with Gasteiger partial charge in [0, 0.05) is 6.42 Å². The Morgan fingerprint density at radius 3 is 3.13 bits per heavy atom. The molecule has 1 aromatic carbocycles. The van der Waals surface area contributed by atoms with Gasteiger partial charge in [-0.25, -0.2) is 0 Å². The Morgan fingerprint density at radius 1 is 1.60 bits per heavy atom. The van der Waals surface area contributed by atoms with Crippen molar-refractivity contribution in [1.29, 1.82) is 0 Å². The third-order valence-electron chi connectivity index (χ3n) is 2.48. The fourth-order valence-electron chi connectivity index (χ4n) is 1.72. The molecule has 4 nitrogen and oxygen atoms in total. The summed E-state index contributed by atoms with van der Waals surface area (Å²) >= 11 is 0. The van der Waals surface area contributed by atoms with Crippen molar-refractivity contribution in [3.63, 3.8) is 0 Å². The minimum absolute atomic E-state index is 0.102. The molecule has 2 N–H and O–H groups in total. The molecule has 15 heavy (non-hydrogen) atoms. The predicted molar refractivity (Wildman–Crippen MR) is 59.0 cm³/mol. The molecule has 0 atom stereocenters. The van der Waals surface area contributed by atoms with Gasteiger partial charge in [-0.3, -0.25) is 4.79 Å². The number of carbonyl (C=O) groups is 1. The van der Waals surface area contributed by atoms with E-state index in [1.165, 1.54) is 0 Å². The molecule has 0 fully saturated rings. The summed E-state index contributed by atoms with van der Waals surface area (Å²) in [7, 11) is 0. The van der Waals surface area contributed by atoms with E-state index in [1.807, 2.05) is 19.1 Å². The first-order valence-corrected chi connectivity index (χ1v) is 5.05. The zero-order chi connectivity index (χ0) is 10.8. The van der Waals surface area contributed by atoms with Crippen molar-refractivity contribution < 1.29 is 9.53 Å². The average molecular weight is 206 g/mol. The first-order chi connectivity index (χ1) is 7.24. The van der Waals surface area contributed by atoms with Crippen molar-refractivity contribution in [3.05, 3.63) is 18.2 Å². The summed E-state index contributed by atoms with van der Waals surface area (Å²) in [5.41, 5.74) is 7.15. The number of hydrogen-bond acceptors (Lipinski definition) is 3. The van der Waals surface area contributed by atoms with Crippen LogP contribution in [0, 0.1) is 0 Å². The molecule has 1 amide bonds. The second kappa shape index (κ2) is 3.81. The van der Waals surface area contributed by atoms with E-state index in [0.717, 1.165) is 5.69 Å². The lowest BCUT2D eigenvalue weighted by Gasteiger charge is -2.29. The highest BCUT2D eigenvalue weighted by Gasteiger charge is 2.23. The van der Waals surface area contributed by atoms with Gasteiger partial charge < -0.3 is 15.4 Å². The van der Waals surface area contributed by atoms with Crippen LogP contribution in [0.25, 0.3) is 0 Å². The number of benzene rings is 1. The molecule has 80 valence electrons. The van der Waals surface area contributed by atoms with E-state index < -0.39 is 0 Å². The van der Waals surface area contributed by atoms with Crippen molar-refractivity contribution in [3.8, 4) is 5.75 Å². The molecule has 0 spiro atoms. The Balaban J connectivity index is 2.42. The molecule has 2 rings (SSSR count). The molecule has 0 saturated heterocycles. The lowest BCUT2D eigenvalue weighted by atomic mass is 10.2. The summed E-state index contributed by atoms with van der Waals surface area (Å²) in [6.07, 6.45) is 0.494. The molecule has 0 saturated carbocycles. The van der Waals surface area contributed by atoms with E-state index in [0.29, 0.717) is 31.0 Å². The molecule has 0 unspecified atom stereocenters. The number of amides is 1. The van der Waals surface area contributed by atoms with Crippen LogP contribution >= 0.6 is 0 Å². The van der Waals surface area contributed by atoms with E-state index in [9.17, 15) is 4.79 Å². The molecule has 0 aromatic heterocycles. The highest BCUT2D eigenvalue weighted by Crippen LogP contribution is 2.36. The second-order valence-electron chi connectivity index (χ2n) is 3.44. The lowest BCUT2D eigenvalue weighted by Crippen LogP contribution is -2.37. The highest BCUT2D eigenvalue weighted by molar-refractivity contribution is 5.96. The number of nitrogen functional groups attached to an aromatic ring is 1. The first-order valence-electron chi connectivity index (χ1n) is 5.05. The lowest BCUT2D eigenvalue weighted by molar-refractivity contribution is -0.118. The maximum Gasteiger partial charge on any atom is 0.226 e. The van der Waals surface area contributed by atoms with Gasteiger partial charge in [-0.1, -0.05) is 13.0 Å². The van der Waals surface area contributed by atoms with Gasteiger partial charge in [0.15, 0.2) is 5.75 Å². The molecule has 1 aromatic rings. The van der Waals surface area contributed by atoms with Gasteiger partial charge in [-0.05, 0) is 12.1 Å². The number of ether oxygens (including phenoxy) is 1. The van der Waals surface area contributed by atoms with Gasteiger partial charge in [0.25, 0.3) is 0 Å². The third kappa shape index (κ3) is 1.63.